The molecule has 1 saturated carbocycles. The SMILES string of the molecule is CNC(=O)c1cc(Oc2cc(C)ccc2NC(=O)C[C@@H]2CCC[C@H]2N)ccn1.Cl.Cl. The van der Waals surface area contributed by atoms with Crippen molar-refractivity contribution in [2.24, 2.45) is 11.7 Å². The highest BCUT2D eigenvalue weighted by molar-refractivity contribution is 5.93. The molecule has 2 aromatic rings. The quantitative estimate of drug-likeness (QED) is 0.614. The van der Waals surface area contributed by atoms with Crippen LogP contribution in [-0.2, 0) is 4.79 Å². The van der Waals surface area contributed by atoms with Gasteiger partial charge in [0.1, 0.15) is 11.4 Å². The predicted molar refractivity (Wildman–Crippen MR) is 122 cm³/mol. The lowest BCUT2D eigenvalue weighted by molar-refractivity contribution is -0.117. The molecule has 9 heteroatoms. The van der Waals surface area contributed by atoms with Crippen LogP contribution in [-0.4, -0.2) is 29.9 Å². The fraction of sp³-hybridized carbons (Fsp3) is 0.381. The van der Waals surface area contributed by atoms with Gasteiger partial charge in [0.25, 0.3) is 5.91 Å². The zero-order valence-corrected chi connectivity index (χ0v) is 18.6. The van der Waals surface area contributed by atoms with Crippen LogP contribution >= 0.6 is 24.8 Å². The lowest BCUT2D eigenvalue weighted by Crippen LogP contribution is -2.28. The number of halogens is 2. The standard InChI is InChI=1S/C21H26N4O3.2ClH/c1-13-6-7-17(25-20(26)11-14-4-3-5-16(14)22)19(10-13)28-15-8-9-24-18(12-15)21(27)23-2;;/h6-10,12,14,16H,3-5,11,22H2,1-2H3,(H,23,27)(H,25,26);2*1H/t14-,16+;;/m0../s1. The van der Waals surface area contributed by atoms with Crippen molar-refractivity contribution in [3.63, 3.8) is 0 Å². The van der Waals surface area contributed by atoms with Gasteiger partial charge in [0.05, 0.1) is 5.69 Å². The maximum Gasteiger partial charge on any atom is 0.269 e. The minimum Gasteiger partial charge on any atom is -0.455 e. The lowest BCUT2D eigenvalue weighted by Gasteiger charge is -2.17. The molecule has 1 aliphatic carbocycles. The van der Waals surface area contributed by atoms with Gasteiger partial charge in [0, 0.05) is 31.8 Å². The summed E-state index contributed by atoms with van der Waals surface area (Å²) in [4.78, 5) is 28.3. The number of rotatable bonds is 6. The summed E-state index contributed by atoms with van der Waals surface area (Å²) in [6, 6.07) is 8.89. The van der Waals surface area contributed by atoms with Gasteiger partial charge in [0.15, 0.2) is 5.75 Å². The molecule has 0 radical (unpaired) electrons. The van der Waals surface area contributed by atoms with Crippen LogP contribution in [0, 0.1) is 12.8 Å². The van der Waals surface area contributed by atoms with Gasteiger partial charge in [-0.05, 0) is 49.4 Å². The molecule has 4 N–H and O–H groups in total. The Morgan fingerprint density at radius 3 is 2.63 bits per heavy atom. The van der Waals surface area contributed by atoms with Crippen molar-refractivity contribution in [1.29, 1.82) is 0 Å². The summed E-state index contributed by atoms with van der Waals surface area (Å²) in [6.45, 7) is 1.94. The molecule has 7 nitrogen and oxygen atoms in total. The van der Waals surface area contributed by atoms with E-state index in [4.69, 9.17) is 10.5 Å². The molecule has 0 unspecified atom stereocenters. The number of nitrogens with one attached hydrogen (secondary N) is 2. The number of aryl methyl sites for hydroxylation is 1. The van der Waals surface area contributed by atoms with Crippen LogP contribution in [0.1, 0.15) is 41.7 Å². The highest BCUT2D eigenvalue weighted by Crippen LogP contribution is 2.32. The number of carbonyl (C=O) groups excluding carboxylic acids is 2. The van der Waals surface area contributed by atoms with Gasteiger partial charge < -0.3 is 21.1 Å². The third-order valence-corrected chi connectivity index (χ3v) is 5.00. The van der Waals surface area contributed by atoms with E-state index in [0.29, 0.717) is 23.6 Å². The molecule has 1 aromatic heterocycles. The summed E-state index contributed by atoms with van der Waals surface area (Å²) in [7, 11) is 1.54. The summed E-state index contributed by atoms with van der Waals surface area (Å²) < 4.78 is 5.96. The summed E-state index contributed by atoms with van der Waals surface area (Å²) in [5, 5.41) is 5.47. The monoisotopic (exact) mass is 454 g/mol. The molecule has 1 aliphatic rings. The van der Waals surface area contributed by atoms with Crippen molar-refractivity contribution >= 4 is 42.3 Å². The average molecular weight is 455 g/mol. The summed E-state index contributed by atoms with van der Waals surface area (Å²) in [5.41, 5.74) is 7.91. The molecule has 0 aliphatic heterocycles. The van der Waals surface area contributed by atoms with Crippen LogP contribution in [0.3, 0.4) is 0 Å². The van der Waals surface area contributed by atoms with Crippen molar-refractivity contribution in [3.05, 3.63) is 47.8 Å². The van der Waals surface area contributed by atoms with Crippen molar-refractivity contribution in [3.8, 4) is 11.5 Å². The Bertz CT molecular complexity index is 879. The number of nitrogens with zero attached hydrogens (tertiary/aromatic N) is 1. The van der Waals surface area contributed by atoms with Crippen LogP contribution in [0.5, 0.6) is 11.5 Å². The topological polar surface area (TPSA) is 106 Å². The van der Waals surface area contributed by atoms with Crippen LogP contribution in [0.15, 0.2) is 36.5 Å². The normalized spacial score (nSPS) is 17.3. The molecule has 2 amide bonds. The molecule has 1 fully saturated rings. The molecule has 164 valence electrons. The maximum absolute atomic E-state index is 12.5. The molecule has 0 saturated heterocycles. The van der Waals surface area contributed by atoms with Crippen molar-refractivity contribution in [1.82, 2.24) is 10.3 Å². The Balaban J connectivity index is 0.00000225. The fourth-order valence-electron chi connectivity index (χ4n) is 3.43. The molecule has 1 aromatic carbocycles. The second-order valence-corrected chi connectivity index (χ2v) is 7.16. The van der Waals surface area contributed by atoms with E-state index in [9.17, 15) is 9.59 Å². The Kier molecular flexibility index (Phi) is 10.0. The van der Waals surface area contributed by atoms with Crippen molar-refractivity contribution in [2.45, 2.75) is 38.6 Å². The fourth-order valence-corrected chi connectivity index (χ4v) is 3.43. The highest BCUT2D eigenvalue weighted by Gasteiger charge is 2.26. The van der Waals surface area contributed by atoms with Gasteiger partial charge >= 0.3 is 0 Å². The third kappa shape index (κ3) is 6.58. The van der Waals surface area contributed by atoms with Gasteiger partial charge in [-0.2, -0.15) is 0 Å². The Morgan fingerprint density at radius 1 is 1.20 bits per heavy atom. The molecular weight excluding hydrogens is 427 g/mol. The smallest absolute Gasteiger partial charge is 0.269 e. The molecule has 3 rings (SSSR count). The largest absolute Gasteiger partial charge is 0.455 e. The summed E-state index contributed by atoms with van der Waals surface area (Å²) in [6.07, 6.45) is 4.96. The molecule has 1 heterocycles. The number of carbonyl (C=O) groups is 2. The van der Waals surface area contributed by atoms with E-state index in [1.165, 1.54) is 6.20 Å². The highest BCUT2D eigenvalue weighted by atomic mass is 35.5. The summed E-state index contributed by atoms with van der Waals surface area (Å²) in [5.74, 6) is 0.837. The van der Waals surface area contributed by atoms with E-state index in [1.807, 2.05) is 25.1 Å². The van der Waals surface area contributed by atoms with Crippen LogP contribution < -0.4 is 21.1 Å². The molecule has 2 atom stereocenters. The van der Waals surface area contributed by atoms with Gasteiger partial charge in [-0.3, -0.25) is 14.6 Å². The summed E-state index contributed by atoms with van der Waals surface area (Å²) >= 11 is 0. The first-order valence-electron chi connectivity index (χ1n) is 9.48. The molecule has 30 heavy (non-hydrogen) atoms. The minimum absolute atomic E-state index is 0. The van der Waals surface area contributed by atoms with Gasteiger partial charge in [-0.15, -0.1) is 24.8 Å². The van der Waals surface area contributed by atoms with E-state index in [1.54, 1.807) is 19.2 Å². The van der Waals surface area contributed by atoms with Gasteiger partial charge in [-0.1, -0.05) is 12.5 Å². The number of hydrogen-bond acceptors (Lipinski definition) is 5. The van der Waals surface area contributed by atoms with Crippen molar-refractivity contribution < 1.29 is 14.3 Å². The predicted octanol–water partition coefficient (Wildman–Crippen LogP) is 3.84. The first-order valence-corrected chi connectivity index (χ1v) is 9.48. The van der Waals surface area contributed by atoms with E-state index in [0.717, 1.165) is 24.8 Å². The van der Waals surface area contributed by atoms with E-state index in [-0.39, 0.29) is 54.3 Å². The first-order chi connectivity index (χ1) is 13.5. The van der Waals surface area contributed by atoms with Crippen LogP contribution in [0.2, 0.25) is 0 Å². The second-order valence-electron chi connectivity index (χ2n) is 7.16. The number of ether oxygens (including phenoxy) is 1. The Hall–Kier alpha value is -2.35. The molecular formula is C21H28Cl2N4O3. The second kappa shape index (κ2) is 11.7. The number of aromatic nitrogens is 1. The van der Waals surface area contributed by atoms with Crippen LogP contribution in [0.25, 0.3) is 0 Å². The zero-order valence-electron chi connectivity index (χ0n) is 17.0. The van der Waals surface area contributed by atoms with E-state index < -0.39 is 0 Å². The van der Waals surface area contributed by atoms with Gasteiger partial charge in [0.2, 0.25) is 5.91 Å². The average Bonchev–Trinajstić information content (AvgIpc) is 3.08. The first kappa shape index (κ1) is 25.7. The third-order valence-electron chi connectivity index (χ3n) is 5.00. The molecule has 0 spiro atoms. The lowest BCUT2D eigenvalue weighted by atomic mass is 10.00. The Labute approximate surface area is 189 Å². The number of nitrogens with two attached hydrogens (primary N) is 1. The number of anilines is 1. The zero-order chi connectivity index (χ0) is 20.1. The van der Waals surface area contributed by atoms with E-state index >= 15 is 0 Å². The molecule has 0 bridgehead atoms. The van der Waals surface area contributed by atoms with Crippen molar-refractivity contribution in [2.75, 3.05) is 12.4 Å². The number of pyridine rings is 1. The maximum atomic E-state index is 12.5. The van der Waals surface area contributed by atoms with Gasteiger partial charge in [-0.25, -0.2) is 0 Å². The number of hydrogen-bond donors (Lipinski definition) is 3. The van der Waals surface area contributed by atoms with E-state index in [2.05, 4.69) is 15.6 Å². The number of benzene rings is 1. The number of amides is 2. The minimum atomic E-state index is -0.295. The Morgan fingerprint density at radius 2 is 1.97 bits per heavy atom. The van der Waals surface area contributed by atoms with Crippen LogP contribution in [0.4, 0.5) is 5.69 Å².